The summed E-state index contributed by atoms with van der Waals surface area (Å²) in [5.74, 6) is -1.02. The van der Waals surface area contributed by atoms with Gasteiger partial charge in [-0.3, -0.25) is 14.6 Å². The van der Waals surface area contributed by atoms with Crippen LogP contribution in [0, 0.1) is 0 Å². The Bertz CT molecular complexity index is 1030. The molecular formula is C20H17N3O3. The van der Waals surface area contributed by atoms with Crippen LogP contribution in [0.1, 0.15) is 5.56 Å². The molecule has 1 atom stereocenters. The van der Waals surface area contributed by atoms with Gasteiger partial charge in [-0.25, -0.2) is 0 Å². The van der Waals surface area contributed by atoms with Crippen LogP contribution in [0.4, 0.5) is 0 Å². The summed E-state index contributed by atoms with van der Waals surface area (Å²) in [4.78, 5) is 24.2. The molecule has 2 aromatic rings. The molecule has 0 bridgehead atoms. The summed E-state index contributed by atoms with van der Waals surface area (Å²) >= 11 is 0. The normalized spacial score (nSPS) is 15.6. The van der Waals surface area contributed by atoms with Crippen LogP contribution >= 0.6 is 0 Å². The van der Waals surface area contributed by atoms with E-state index >= 15 is 0 Å². The van der Waals surface area contributed by atoms with Crippen molar-refractivity contribution < 1.29 is 14.3 Å². The molecular weight excluding hydrogens is 330 g/mol. The first-order valence-corrected chi connectivity index (χ1v) is 8.25. The summed E-state index contributed by atoms with van der Waals surface area (Å²) in [5, 5.41) is 3.49. The number of primary amides is 1. The average molecular weight is 347 g/mol. The minimum atomic E-state index is -0.960. The summed E-state index contributed by atoms with van der Waals surface area (Å²) < 4.78 is 5.67. The van der Waals surface area contributed by atoms with E-state index in [2.05, 4.69) is 5.43 Å². The molecule has 0 aliphatic carbocycles. The predicted octanol–water partition coefficient (Wildman–Crippen LogP) is -0.110. The lowest BCUT2D eigenvalue weighted by Crippen LogP contribution is -2.51. The second-order valence-electron chi connectivity index (χ2n) is 6.11. The molecule has 0 fully saturated rings. The Morgan fingerprint density at radius 2 is 1.81 bits per heavy atom. The van der Waals surface area contributed by atoms with Gasteiger partial charge in [0.1, 0.15) is 11.7 Å². The molecule has 0 radical (unpaired) electrons. The maximum absolute atomic E-state index is 12.6. The van der Waals surface area contributed by atoms with E-state index in [0.717, 1.165) is 21.7 Å². The maximum Gasteiger partial charge on any atom is 0.287 e. The lowest BCUT2D eigenvalue weighted by atomic mass is 10.0. The number of carbonyl (C=O) groups is 2. The fourth-order valence-corrected chi connectivity index (χ4v) is 3.22. The Hall–Kier alpha value is -3.54. The summed E-state index contributed by atoms with van der Waals surface area (Å²) in [7, 11) is 0. The fraction of sp³-hybridized carbons (Fsp3) is 0.100. The smallest absolute Gasteiger partial charge is 0.287 e. The van der Waals surface area contributed by atoms with Crippen LogP contribution in [-0.4, -0.2) is 22.7 Å². The molecule has 1 unspecified atom stereocenters. The van der Waals surface area contributed by atoms with E-state index in [4.69, 9.17) is 10.5 Å². The molecule has 0 aromatic heterocycles. The number of nitrogens with zero attached hydrogens (tertiary/aromatic N) is 1. The Morgan fingerprint density at radius 3 is 2.58 bits per heavy atom. The Morgan fingerprint density at radius 1 is 1.08 bits per heavy atom. The summed E-state index contributed by atoms with van der Waals surface area (Å²) in [6, 6.07) is 16.4. The third-order valence-corrected chi connectivity index (χ3v) is 4.47. The summed E-state index contributed by atoms with van der Waals surface area (Å²) in [5.41, 5.74) is 10.0. The zero-order chi connectivity index (χ0) is 18.1. The summed E-state index contributed by atoms with van der Waals surface area (Å²) in [6.45, 7) is 0. The number of amides is 1. The molecule has 2 aliphatic heterocycles. The lowest BCUT2D eigenvalue weighted by molar-refractivity contribution is -0.138. The highest BCUT2D eigenvalue weighted by atomic mass is 16.5. The lowest BCUT2D eigenvalue weighted by Gasteiger charge is -2.30. The van der Waals surface area contributed by atoms with Crippen LogP contribution in [0.15, 0.2) is 66.6 Å². The topological polar surface area (TPSA) is 84.7 Å². The molecule has 2 aliphatic rings. The van der Waals surface area contributed by atoms with Gasteiger partial charge in [-0.1, -0.05) is 54.6 Å². The van der Waals surface area contributed by atoms with Gasteiger partial charge in [-0.05, 0) is 5.56 Å². The molecule has 1 amide bonds. The predicted molar refractivity (Wildman–Crippen MR) is 95.8 cm³/mol. The first kappa shape index (κ1) is 16.0. The van der Waals surface area contributed by atoms with Gasteiger partial charge in [-0.2, -0.15) is 0 Å². The van der Waals surface area contributed by atoms with Crippen LogP contribution in [0.5, 0.6) is 0 Å². The van der Waals surface area contributed by atoms with E-state index in [1.807, 2.05) is 54.6 Å². The number of nitrogens with one attached hydrogen (secondary N) is 1. The van der Waals surface area contributed by atoms with Crippen molar-refractivity contribution in [2.45, 2.75) is 12.5 Å². The van der Waals surface area contributed by atoms with Crippen molar-refractivity contribution in [2.24, 2.45) is 5.73 Å². The third-order valence-electron chi connectivity index (χ3n) is 4.47. The number of rotatable bonds is 5. The standard InChI is InChI=1S/C20H17N3O3/c21-20(25)19(24)16(10-13-6-2-1-3-7-13)23-18-15-9-5-4-8-14(15)12-26-17(18)11-22-23/h1-9,11-12,16,22H,10H2,(H2,21,25). The molecule has 0 spiro atoms. The van der Waals surface area contributed by atoms with E-state index in [0.29, 0.717) is 12.2 Å². The van der Waals surface area contributed by atoms with Crippen LogP contribution < -0.4 is 21.6 Å². The van der Waals surface area contributed by atoms with Gasteiger partial charge in [0, 0.05) is 16.9 Å². The third kappa shape index (κ3) is 2.71. The number of fused-ring (bicyclic) bond motifs is 2. The van der Waals surface area contributed by atoms with E-state index in [9.17, 15) is 9.59 Å². The number of hydrogen-bond donors (Lipinski definition) is 2. The van der Waals surface area contributed by atoms with Crippen LogP contribution in [0.25, 0.3) is 12.0 Å². The second kappa shape index (κ2) is 6.40. The number of nitrogens with two attached hydrogens (primary N) is 1. The number of Topliss-reactive ketones (excluding diaryl/α,β-unsaturated/α-hetero) is 1. The number of ketones is 1. The van der Waals surface area contributed by atoms with Gasteiger partial charge >= 0.3 is 0 Å². The number of ether oxygens (including phenoxy) is 1. The molecule has 0 saturated heterocycles. The van der Waals surface area contributed by atoms with Crippen molar-refractivity contribution in [1.29, 1.82) is 0 Å². The molecule has 2 aromatic carbocycles. The van der Waals surface area contributed by atoms with Crippen molar-refractivity contribution in [3.05, 3.63) is 82.6 Å². The van der Waals surface area contributed by atoms with Crippen molar-refractivity contribution in [3.63, 3.8) is 0 Å². The monoisotopic (exact) mass is 347 g/mol. The number of benzene rings is 2. The van der Waals surface area contributed by atoms with Crippen LogP contribution in [-0.2, 0) is 20.7 Å². The quantitative estimate of drug-likeness (QED) is 0.738. The van der Waals surface area contributed by atoms with E-state index < -0.39 is 17.7 Å². The van der Waals surface area contributed by atoms with Crippen molar-refractivity contribution >= 4 is 23.6 Å². The minimum absolute atomic E-state index is 0.339. The maximum atomic E-state index is 12.6. The van der Waals surface area contributed by atoms with Gasteiger partial charge in [0.15, 0.2) is 5.76 Å². The minimum Gasteiger partial charge on any atom is -0.460 e. The highest BCUT2D eigenvalue weighted by molar-refractivity contribution is 6.37. The van der Waals surface area contributed by atoms with Crippen LogP contribution in [0.2, 0.25) is 0 Å². The van der Waals surface area contributed by atoms with E-state index in [1.54, 1.807) is 17.5 Å². The highest BCUT2D eigenvalue weighted by Crippen LogP contribution is 2.26. The Kier molecular flexibility index (Phi) is 3.93. The zero-order valence-electron chi connectivity index (χ0n) is 13.9. The zero-order valence-corrected chi connectivity index (χ0v) is 13.9. The first-order valence-electron chi connectivity index (χ1n) is 8.25. The molecule has 6 nitrogen and oxygen atoms in total. The second-order valence-corrected chi connectivity index (χ2v) is 6.11. The highest BCUT2D eigenvalue weighted by Gasteiger charge is 2.36. The SMILES string of the molecule is NC(=O)C(=O)C(Cc1ccccc1)N1NC=C2OC=c3ccccc3=C21. The Balaban J connectivity index is 1.81. The molecule has 4 rings (SSSR count). The van der Waals surface area contributed by atoms with Crippen molar-refractivity contribution in [2.75, 3.05) is 0 Å². The van der Waals surface area contributed by atoms with Crippen LogP contribution in [0.3, 0.4) is 0 Å². The molecule has 130 valence electrons. The molecule has 6 heteroatoms. The van der Waals surface area contributed by atoms with Gasteiger partial charge in [0.05, 0.1) is 12.5 Å². The van der Waals surface area contributed by atoms with E-state index in [-0.39, 0.29) is 0 Å². The number of hydrogen-bond acceptors (Lipinski definition) is 5. The van der Waals surface area contributed by atoms with Crippen molar-refractivity contribution in [3.8, 4) is 0 Å². The average Bonchev–Trinajstić information content (AvgIpc) is 3.10. The molecule has 3 N–H and O–H groups in total. The van der Waals surface area contributed by atoms with Gasteiger partial charge in [0.25, 0.3) is 5.91 Å². The number of hydrazine groups is 1. The van der Waals surface area contributed by atoms with Crippen molar-refractivity contribution in [1.82, 2.24) is 10.4 Å². The fourth-order valence-electron chi connectivity index (χ4n) is 3.22. The Labute approximate surface area is 149 Å². The van der Waals surface area contributed by atoms with E-state index in [1.165, 1.54) is 0 Å². The number of carbonyl (C=O) groups excluding carboxylic acids is 2. The van der Waals surface area contributed by atoms with Gasteiger partial charge in [0.2, 0.25) is 5.78 Å². The molecule has 2 heterocycles. The first-order chi connectivity index (χ1) is 12.6. The van der Waals surface area contributed by atoms with Gasteiger partial charge < -0.3 is 15.9 Å². The summed E-state index contributed by atoms with van der Waals surface area (Å²) in [6.07, 6.45) is 3.68. The van der Waals surface area contributed by atoms with Gasteiger partial charge in [-0.15, -0.1) is 0 Å². The molecule has 0 saturated carbocycles. The molecule has 26 heavy (non-hydrogen) atoms. The largest absolute Gasteiger partial charge is 0.460 e.